The number of β-amino-alcohol motifs (C(OH)–C–C–N with tert-alkyl or cyclic N) is 1. The van der Waals surface area contributed by atoms with Gasteiger partial charge in [-0.25, -0.2) is 4.98 Å². The third-order valence-electron chi connectivity index (χ3n) is 5.59. The maximum Gasteiger partial charge on any atom is 0.323 e. The molecule has 9 heteroatoms. The van der Waals surface area contributed by atoms with Crippen molar-refractivity contribution in [3.8, 4) is 17.3 Å². The lowest BCUT2D eigenvalue weighted by Gasteiger charge is -2.23. The van der Waals surface area contributed by atoms with Crippen LogP contribution in [0.2, 0.25) is 0 Å². The molecular formula is C21H28N4O5. The van der Waals surface area contributed by atoms with Gasteiger partial charge in [0.05, 0.1) is 24.8 Å². The van der Waals surface area contributed by atoms with Gasteiger partial charge in [0.15, 0.2) is 0 Å². The quantitative estimate of drug-likeness (QED) is 0.680. The van der Waals surface area contributed by atoms with Crippen LogP contribution < -0.4 is 4.74 Å². The van der Waals surface area contributed by atoms with Gasteiger partial charge in [-0.2, -0.15) is 4.98 Å². The number of aromatic nitrogens is 3. The van der Waals surface area contributed by atoms with Gasteiger partial charge in [0.1, 0.15) is 12.1 Å². The molecule has 1 aliphatic heterocycles. The van der Waals surface area contributed by atoms with Crippen molar-refractivity contribution >= 4 is 5.97 Å². The van der Waals surface area contributed by atoms with Crippen LogP contribution >= 0.6 is 0 Å². The van der Waals surface area contributed by atoms with Crippen LogP contribution in [-0.4, -0.2) is 62.5 Å². The minimum Gasteiger partial charge on any atom is -0.474 e. The molecule has 9 nitrogen and oxygen atoms in total. The maximum atomic E-state index is 12.2. The summed E-state index contributed by atoms with van der Waals surface area (Å²) in [6.07, 6.45) is 7.25. The fourth-order valence-electron chi connectivity index (χ4n) is 4.14. The van der Waals surface area contributed by atoms with Gasteiger partial charge in [0.25, 0.3) is 0 Å². The average molecular weight is 416 g/mol. The largest absolute Gasteiger partial charge is 0.474 e. The van der Waals surface area contributed by atoms with Crippen molar-refractivity contribution in [3.63, 3.8) is 0 Å². The van der Waals surface area contributed by atoms with E-state index >= 15 is 0 Å². The zero-order valence-corrected chi connectivity index (χ0v) is 17.2. The SMILES string of the molecule is CCOC(=O)C1CC(O)CN1Cc1nc(-c2cccnc2OC2CCCCC2)no1. The molecule has 0 spiro atoms. The van der Waals surface area contributed by atoms with Crippen molar-refractivity contribution in [3.05, 3.63) is 24.2 Å². The fourth-order valence-corrected chi connectivity index (χ4v) is 4.14. The van der Waals surface area contributed by atoms with Gasteiger partial charge < -0.3 is 19.1 Å². The van der Waals surface area contributed by atoms with E-state index in [1.807, 2.05) is 17.0 Å². The molecule has 2 aromatic rings. The first-order chi connectivity index (χ1) is 14.6. The van der Waals surface area contributed by atoms with E-state index in [1.165, 1.54) is 19.3 Å². The van der Waals surface area contributed by atoms with Crippen LogP contribution in [0.1, 0.15) is 51.3 Å². The zero-order chi connectivity index (χ0) is 20.9. The predicted octanol–water partition coefficient (Wildman–Crippen LogP) is 2.34. The Morgan fingerprint density at radius 2 is 2.17 bits per heavy atom. The van der Waals surface area contributed by atoms with Crippen LogP contribution in [0.5, 0.6) is 5.88 Å². The van der Waals surface area contributed by atoms with Gasteiger partial charge >= 0.3 is 5.97 Å². The summed E-state index contributed by atoms with van der Waals surface area (Å²) in [5.74, 6) is 0.930. The molecule has 30 heavy (non-hydrogen) atoms. The Bertz CT molecular complexity index is 851. The lowest BCUT2D eigenvalue weighted by atomic mass is 9.98. The molecule has 1 saturated carbocycles. The number of aliphatic hydroxyl groups is 1. The second kappa shape index (κ2) is 9.53. The van der Waals surface area contributed by atoms with E-state index in [-0.39, 0.29) is 18.6 Å². The number of carbonyl (C=O) groups excluding carboxylic acids is 1. The highest BCUT2D eigenvalue weighted by molar-refractivity contribution is 5.76. The molecule has 1 aliphatic carbocycles. The minimum absolute atomic E-state index is 0.162. The highest BCUT2D eigenvalue weighted by Crippen LogP contribution is 2.30. The summed E-state index contributed by atoms with van der Waals surface area (Å²) in [5.41, 5.74) is 0.682. The summed E-state index contributed by atoms with van der Waals surface area (Å²) in [4.78, 5) is 22.9. The number of pyridine rings is 1. The van der Waals surface area contributed by atoms with Gasteiger partial charge in [-0.05, 0) is 44.7 Å². The molecule has 3 heterocycles. The van der Waals surface area contributed by atoms with Crippen molar-refractivity contribution in [1.82, 2.24) is 20.0 Å². The van der Waals surface area contributed by atoms with Gasteiger partial charge in [-0.15, -0.1) is 0 Å². The van der Waals surface area contributed by atoms with Crippen LogP contribution in [0.4, 0.5) is 0 Å². The normalized spacial score (nSPS) is 22.9. The molecule has 2 unspecified atom stereocenters. The number of nitrogens with zero attached hydrogens (tertiary/aromatic N) is 4. The van der Waals surface area contributed by atoms with E-state index < -0.39 is 12.1 Å². The molecule has 4 rings (SSSR count). The number of likely N-dealkylation sites (tertiary alicyclic amines) is 1. The molecule has 1 saturated heterocycles. The zero-order valence-electron chi connectivity index (χ0n) is 17.2. The second-order valence-electron chi connectivity index (χ2n) is 7.83. The average Bonchev–Trinajstić information content (AvgIpc) is 3.36. The Morgan fingerprint density at radius 3 is 2.97 bits per heavy atom. The Balaban J connectivity index is 1.47. The lowest BCUT2D eigenvalue weighted by molar-refractivity contribution is -0.148. The Labute approximate surface area is 175 Å². The number of hydrogen-bond donors (Lipinski definition) is 1. The second-order valence-corrected chi connectivity index (χ2v) is 7.83. The summed E-state index contributed by atoms with van der Waals surface area (Å²) in [7, 11) is 0. The highest BCUT2D eigenvalue weighted by Gasteiger charge is 2.37. The molecule has 0 amide bonds. The Morgan fingerprint density at radius 1 is 1.33 bits per heavy atom. The number of ether oxygens (including phenoxy) is 2. The number of carbonyl (C=O) groups is 1. The molecule has 2 aliphatic rings. The number of aliphatic hydroxyl groups excluding tert-OH is 1. The van der Waals surface area contributed by atoms with E-state index in [4.69, 9.17) is 14.0 Å². The summed E-state index contributed by atoms with van der Waals surface area (Å²) >= 11 is 0. The van der Waals surface area contributed by atoms with Gasteiger partial charge in [0.2, 0.25) is 17.6 Å². The van der Waals surface area contributed by atoms with Gasteiger partial charge in [-0.3, -0.25) is 9.69 Å². The standard InChI is InChI=1S/C21H28N4O5/c1-2-28-21(27)17-11-14(26)12-25(17)13-18-23-19(24-30-18)16-9-6-10-22-20(16)29-15-7-4-3-5-8-15/h6,9-10,14-15,17,26H,2-5,7-8,11-13H2,1H3. The van der Waals surface area contributed by atoms with Gasteiger partial charge in [0, 0.05) is 19.2 Å². The number of hydrogen-bond acceptors (Lipinski definition) is 9. The smallest absolute Gasteiger partial charge is 0.323 e. The molecule has 0 radical (unpaired) electrons. The summed E-state index contributed by atoms with van der Waals surface area (Å²) < 4.78 is 16.7. The molecule has 2 fully saturated rings. The molecule has 0 bridgehead atoms. The molecule has 2 aromatic heterocycles. The first kappa shape index (κ1) is 20.7. The Hall–Kier alpha value is -2.52. The third-order valence-corrected chi connectivity index (χ3v) is 5.59. The van der Waals surface area contributed by atoms with Crippen molar-refractivity contribution < 1.29 is 23.9 Å². The first-order valence-electron chi connectivity index (χ1n) is 10.7. The fraction of sp³-hybridized carbons (Fsp3) is 0.619. The van der Waals surface area contributed by atoms with E-state index in [9.17, 15) is 9.90 Å². The molecule has 1 N–H and O–H groups in total. The van der Waals surface area contributed by atoms with Crippen LogP contribution in [0.3, 0.4) is 0 Å². The minimum atomic E-state index is -0.587. The summed E-state index contributed by atoms with van der Waals surface area (Å²) in [6.45, 7) is 2.67. The third kappa shape index (κ3) is 4.79. The van der Waals surface area contributed by atoms with E-state index in [2.05, 4.69) is 15.1 Å². The monoisotopic (exact) mass is 416 g/mol. The van der Waals surface area contributed by atoms with E-state index in [1.54, 1.807) is 13.1 Å². The number of esters is 1. The summed E-state index contributed by atoms with van der Waals surface area (Å²) in [5, 5.41) is 14.1. The molecule has 0 aromatic carbocycles. The topological polar surface area (TPSA) is 111 Å². The Kier molecular flexibility index (Phi) is 6.59. The van der Waals surface area contributed by atoms with Crippen LogP contribution in [0, 0.1) is 0 Å². The van der Waals surface area contributed by atoms with Gasteiger partial charge in [-0.1, -0.05) is 11.6 Å². The summed E-state index contributed by atoms with van der Waals surface area (Å²) in [6, 6.07) is 3.16. The molecule has 162 valence electrons. The van der Waals surface area contributed by atoms with Crippen LogP contribution in [0.15, 0.2) is 22.9 Å². The maximum absolute atomic E-state index is 12.2. The van der Waals surface area contributed by atoms with Crippen molar-refractivity contribution in [2.45, 2.75) is 70.2 Å². The van der Waals surface area contributed by atoms with Crippen molar-refractivity contribution in [1.29, 1.82) is 0 Å². The van der Waals surface area contributed by atoms with Crippen LogP contribution in [0.25, 0.3) is 11.4 Å². The van der Waals surface area contributed by atoms with Crippen LogP contribution in [-0.2, 0) is 16.1 Å². The number of rotatable bonds is 7. The van der Waals surface area contributed by atoms with Crippen molar-refractivity contribution in [2.75, 3.05) is 13.2 Å². The molecular weight excluding hydrogens is 388 g/mol. The molecule has 2 atom stereocenters. The lowest BCUT2D eigenvalue weighted by Crippen LogP contribution is -2.37. The predicted molar refractivity (Wildman–Crippen MR) is 106 cm³/mol. The van der Waals surface area contributed by atoms with E-state index in [0.717, 1.165) is 12.8 Å². The van der Waals surface area contributed by atoms with E-state index in [0.29, 0.717) is 42.7 Å². The highest BCUT2D eigenvalue weighted by atomic mass is 16.5. The van der Waals surface area contributed by atoms with Crippen molar-refractivity contribution in [2.24, 2.45) is 0 Å². The first-order valence-corrected chi connectivity index (χ1v) is 10.7.